The monoisotopic (exact) mass is 430 g/mol. The molecule has 2 rings (SSSR count). The van der Waals surface area contributed by atoms with Crippen LogP contribution in [0.4, 0.5) is 5.69 Å². The van der Waals surface area contributed by atoms with Crippen LogP contribution in [0.25, 0.3) is 0 Å². The smallest absolute Gasteiger partial charge is 0.338 e. The van der Waals surface area contributed by atoms with E-state index in [0.29, 0.717) is 5.69 Å². The SMILES string of the molecule is C=CCN(c1ccccc1)S(=O)(=O)c1cccc(C(=O)OCC(=O)N[C@@H](C)CC)c1. The van der Waals surface area contributed by atoms with Crippen LogP contribution in [0, 0.1) is 0 Å². The summed E-state index contributed by atoms with van der Waals surface area (Å²) in [5, 5.41) is 2.69. The highest BCUT2D eigenvalue weighted by atomic mass is 32.2. The minimum absolute atomic E-state index is 0.0292. The molecule has 1 N–H and O–H groups in total. The molecule has 0 unspecified atom stereocenters. The Kier molecular flexibility index (Phi) is 8.17. The lowest BCUT2D eigenvalue weighted by molar-refractivity contribution is -0.124. The number of hydrogen-bond donors (Lipinski definition) is 1. The van der Waals surface area contributed by atoms with E-state index in [-0.39, 0.29) is 23.0 Å². The molecule has 0 aliphatic carbocycles. The zero-order valence-electron chi connectivity index (χ0n) is 17.1. The number of ether oxygens (including phenoxy) is 1. The summed E-state index contributed by atoms with van der Waals surface area (Å²) in [6.07, 6.45) is 2.24. The fourth-order valence-electron chi connectivity index (χ4n) is 2.60. The van der Waals surface area contributed by atoms with Crippen molar-refractivity contribution in [2.75, 3.05) is 17.5 Å². The van der Waals surface area contributed by atoms with Crippen molar-refractivity contribution in [2.24, 2.45) is 0 Å². The number of nitrogens with zero attached hydrogens (tertiary/aromatic N) is 1. The number of amides is 1. The van der Waals surface area contributed by atoms with Gasteiger partial charge in [-0.25, -0.2) is 13.2 Å². The number of anilines is 1. The molecule has 2 aromatic carbocycles. The van der Waals surface area contributed by atoms with Crippen LogP contribution in [0.3, 0.4) is 0 Å². The van der Waals surface area contributed by atoms with Crippen molar-refractivity contribution in [3.8, 4) is 0 Å². The minimum atomic E-state index is -3.95. The molecule has 160 valence electrons. The normalized spacial score (nSPS) is 11.9. The van der Waals surface area contributed by atoms with Crippen LogP contribution in [0.15, 0.2) is 72.1 Å². The number of sulfonamides is 1. The molecule has 0 aromatic heterocycles. The van der Waals surface area contributed by atoms with Crippen molar-refractivity contribution in [2.45, 2.75) is 31.2 Å². The maximum Gasteiger partial charge on any atom is 0.338 e. The maximum absolute atomic E-state index is 13.2. The van der Waals surface area contributed by atoms with Crippen LogP contribution in [-0.2, 0) is 19.6 Å². The average molecular weight is 431 g/mol. The van der Waals surface area contributed by atoms with Crippen LogP contribution < -0.4 is 9.62 Å². The van der Waals surface area contributed by atoms with Crippen LogP contribution in [0.1, 0.15) is 30.6 Å². The molecule has 2 aromatic rings. The van der Waals surface area contributed by atoms with Gasteiger partial charge in [0.05, 0.1) is 22.7 Å². The zero-order valence-corrected chi connectivity index (χ0v) is 17.9. The molecule has 8 heteroatoms. The van der Waals surface area contributed by atoms with E-state index in [0.717, 1.165) is 6.42 Å². The third kappa shape index (κ3) is 5.93. The molecule has 0 bridgehead atoms. The standard InChI is InChI=1S/C22H26N2O5S/c1-4-14-24(19-11-7-6-8-12-19)30(27,28)20-13-9-10-18(15-20)22(26)29-16-21(25)23-17(3)5-2/h4,6-13,15,17H,1,5,14,16H2,2-3H3,(H,23,25)/t17-/m0/s1. The highest BCUT2D eigenvalue weighted by molar-refractivity contribution is 7.92. The van der Waals surface area contributed by atoms with E-state index in [1.54, 1.807) is 30.3 Å². The van der Waals surface area contributed by atoms with E-state index < -0.39 is 28.5 Å². The summed E-state index contributed by atoms with van der Waals surface area (Å²) in [5.74, 6) is -1.19. The van der Waals surface area contributed by atoms with Gasteiger partial charge in [-0.2, -0.15) is 0 Å². The number of carbonyl (C=O) groups excluding carboxylic acids is 2. The van der Waals surface area contributed by atoms with Gasteiger partial charge in [-0.05, 0) is 43.7 Å². The van der Waals surface area contributed by atoms with Gasteiger partial charge in [-0.3, -0.25) is 9.10 Å². The summed E-state index contributed by atoms with van der Waals surface area (Å²) in [6.45, 7) is 7.02. The molecule has 0 spiro atoms. The first kappa shape index (κ1) is 23.2. The molecular weight excluding hydrogens is 404 g/mol. The van der Waals surface area contributed by atoms with E-state index in [1.807, 2.05) is 13.8 Å². The molecule has 0 saturated carbocycles. The summed E-state index contributed by atoms with van der Waals surface area (Å²) < 4.78 is 32.6. The Morgan fingerprint density at radius 1 is 1.17 bits per heavy atom. The molecule has 30 heavy (non-hydrogen) atoms. The van der Waals surface area contributed by atoms with Gasteiger partial charge < -0.3 is 10.1 Å². The lowest BCUT2D eigenvalue weighted by atomic mass is 10.2. The van der Waals surface area contributed by atoms with Crippen molar-refractivity contribution in [3.63, 3.8) is 0 Å². The summed E-state index contributed by atoms with van der Waals surface area (Å²) in [6, 6.07) is 14.1. The average Bonchev–Trinajstić information content (AvgIpc) is 2.76. The van der Waals surface area contributed by atoms with E-state index in [1.165, 1.54) is 34.6 Å². The fraction of sp³-hybridized carbons (Fsp3) is 0.273. The lowest BCUT2D eigenvalue weighted by Crippen LogP contribution is -2.35. The maximum atomic E-state index is 13.2. The summed E-state index contributed by atoms with van der Waals surface area (Å²) in [7, 11) is -3.95. The molecule has 0 saturated heterocycles. The van der Waals surface area contributed by atoms with Crippen molar-refractivity contribution in [1.29, 1.82) is 0 Å². The number of benzene rings is 2. The largest absolute Gasteiger partial charge is 0.452 e. The van der Waals surface area contributed by atoms with Gasteiger partial charge in [0.15, 0.2) is 6.61 Å². The predicted octanol–water partition coefficient (Wildman–Crippen LogP) is 3.14. The Morgan fingerprint density at radius 2 is 1.87 bits per heavy atom. The van der Waals surface area contributed by atoms with E-state index in [2.05, 4.69) is 11.9 Å². The predicted molar refractivity (Wildman–Crippen MR) is 116 cm³/mol. The third-order valence-electron chi connectivity index (χ3n) is 4.35. The molecule has 0 fully saturated rings. The van der Waals surface area contributed by atoms with Gasteiger partial charge in [-0.1, -0.05) is 37.3 Å². The molecule has 0 radical (unpaired) electrons. The Balaban J connectivity index is 2.21. The molecular formula is C22H26N2O5S. The highest BCUT2D eigenvalue weighted by Gasteiger charge is 2.25. The Morgan fingerprint density at radius 3 is 2.50 bits per heavy atom. The summed E-state index contributed by atoms with van der Waals surface area (Å²) in [5.41, 5.74) is 0.520. The second-order valence-corrected chi connectivity index (χ2v) is 8.50. The topological polar surface area (TPSA) is 92.8 Å². The highest BCUT2D eigenvalue weighted by Crippen LogP contribution is 2.24. The first-order valence-corrected chi connectivity index (χ1v) is 11.0. The first-order chi connectivity index (χ1) is 14.3. The van der Waals surface area contributed by atoms with Gasteiger partial charge in [0.2, 0.25) is 0 Å². The summed E-state index contributed by atoms with van der Waals surface area (Å²) in [4.78, 5) is 24.1. The zero-order chi connectivity index (χ0) is 22.1. The number of rotatable bonds is 10. The fourth-order valence-corrected chi connectivity index (χ4v) is 4.08. The van der Waals surface area contributed by atoms with E-state index in [9.17, 15) is 18.0 Å². The second-order valence-electron chi connectivity index (χ2n) is 6.64. The lowest BCUT2D eigenvalue weighted by Gasteiger charge is -2.23. The second kappa shape index (κ2) is 10.6. The van der Waals surface area contributed by atoms with Crippen molar-refractivity contribution in [1.82, 2.24) is 5.32 Å². The van der Waals surface area contributed by atoms with Crippen molar-refractivity contribution < 1.29 is 22.7 Å². The third-order valence-corrected chi connectivity index (χ3v) is 6.14. The van der Waals surface area contributed by atoms with Crippen LogP contribution in [0.5, 0.6) is 0 Å². The van der Waals surface area contributed by atoms with E-state index >= 15 is 0 Å². The molecule has 1 atom stereocenters. The molecule has 0 heterocycles. The minimum Gasteiger partial charge on any atom is -0.452 e. The molecule has 7 nitrogen and oxygen atoms in total. The Bertz CT molecular complexity index is 990. The van der Waals surface area contributed by atoms with Crippen molar-refractivity contribution in [3.05, 3.63) is 72.8 Å². The molecule has 0 aliphatic heterocycles. The Hall–Kier alpha value is -3.13. The summed E-state index contributed by atoms with van der Waals surface area (Å²) >= 11 is 0. The van der Waals surface area contributed by atoms with Crippen molar-refractivity contribution >= 4 is 27.6 Å². The van der Waals surface area contributed by atoms with Gasteiger partial charge in [0, 0.05) is 6.04 Å². The van der Waals surface area contributed by atoms with Gasteiger partial charge in [0.1, 0.15) is 0 Å². The van der Waals surface area contributed by atoms with Gasteiger partial charge in [0.25, 0.3) is 15.9 Å². The van der Waals surface area contributed by atoms with Crippen LogP contribution in [0.2, 0.25) is 0 Å². The number of carbonyl (C=O) groups is 2. The molecule has 1 amide bonds. The number of hydrogen-bond acceptors (Lipinski definition) is 5. The number of para-hydroxylation sites is 1. The quantitative estimate of drug-likeness (QED) is 0.462. The molecule has 0 aliphatic rings. The number of esters is 1. The van der Waals surface area contributed by atoms with Crippen LogP contribution >= 0.6 is 0 Å². The van der Waals surface area contributed by atoms with Crippen LogP contribution in [-0.4, -0.2) is 39.5 Å². The van der Waals surface area contributed by atoms with Gasteiger partial charge >= 0.3 is 5.97 Å². The van der Waals surface area contributed by atoms with E-state index in [4.69, 9.17) is 4.74 Å². The number of nitrogens with one attached hydrogen (secondary N) is 1. The van der Waals surface area contributed by atoms with Gasteiger partial charge in [-0.15, -0.1) is 6.58 Å². The Labute approximate surface area is 177 Å². The first-order valence-electron chi connectivity index (χ1n) is 9.54.